The molecule has 1 N–H and O–H groups in total. The number of non-ortho nitro benzene ring substituents is 1. The molecule has 9 heteroatoms. The number of amides is 1. The van der Waals surface area contributed by atoms with Gasteiger partial charge in [-0.1, -0.05) is 25.3 Å². The summed E-state index contributed by atoms with van der Waals surface area (Å²) >= 11 is 0. The summed E-state index contributed by atoms with van der Waals surface area (Å²) in [6.45, 7) is -0.318. The molecule has 0 spiro atoms. The highest BCUT2D eigenvalue weighted by atomic mass is 32.2. The van der Waals surface area contributed by atoms with E-state index in [4.69, 9.17) is 0 Å². The van der Waals surface area contributed by atoms with Crippen LogP contribution in [0.3, 0.4) is 0 Å². The third-order valence-electron chi connectivity index (χ3n) is 4.07. The van der Waals surface area contributed by atoms with Gasteiger partial charge in [0.25, 0.3) is 5.69 Å². The Morgan fingerprint density at radius 2 is 2.00 bits per heavy atom. The molecule has 8 nitrogen and oxygen atoms in total. The number of carbonyl (C=O) groups excluding carboxylic acids is 1. The Morgan fingerprint density at radius 3 is 2.62 bits per heavy atom. The van der Waals surface area contributed by atoms with Crippen LogP contribution in [0.5, 0.6) is 0 Å². The first-order valence-corrected chi connectivity index (χ1v) is 9.25. The van der Waals surface area contributed by atoms with Crippen molar-refractivity contribution in [2.75, 3.05) is 13.6 Å². The molecule has 1 saturated carbocycles. The van der Waals surface area contributed by atoms with Gasteiger partial charge in [0, 0.05) is 25.2 Å². The van der Waals surface area contributed by atoms with Crippen LogP contribution in [0.25, 0.3) is 0 Å². The van der Waals surface area contributed by atoms with E-state index < -0.39 is 14.9 Å². The van der Waals surface area contributed by atoms with Crippen molar-refractivity contribution in [3.05, 3.63) is 34.4 Å². The predicted octanol–water partition coefficient (Wildman–Crippen LogP) is 1.66. The first-order valence-electron chi connectivity index (χ1n) is 7.81. The first-order chi connectivity index (χ1) is 11.3. The van der Waals surface area contributed by atoms with Crippen LogP contribution in [0.15, 0.2) is 29.2 Å². The van der Waals surface area contributed by atoms with E-state index in [2.05, 4.69) is 5.32 Å². The number of hydrogen-bond donors (Lipinski definition) is 1. The molecule has 0 atom stereocenters. The summed E-state index contributed by atoms with van der Waals surface area (Å²) < 4.78 is 25.8. The zero-order valence-corrected chi connectivity index (χ0v) is 14.3. The summed E-state index contributed by atoms with van der Waals surface area (Å²) in [4.78, 5) is 22.0. The molecule has 1 amide bonds. The van der Waals surface area contributed by atoms with E-state index in [1.807, 2.05) is 0 Å². The topological polar surface area (TPSA) is 110 Å². The number of nitrogens with one attached hydrogen (secondary N) is 1. The van der Waals surface area contributed by atoms with Crippen LogP contribution in [0.2, 0.25) is 0 Å². The minimum atomic E-state index is -3.96. The van der Waals surface area contributed by atoms with Crippen LogP contribution in [0.4, 0.5) is 5.69 Å². The maximum atomic E-state index is 12.5. The zero-order valence-electron chi connectivity index (χ0n) is 13.5. The summed E-state index contributed by atoms with van der Waals surface area (Å²) in [6, 6.07) is 4.89. The quantitative estimate of drug-likeness (QED) is 0.616. The summed E-state index contributed by atoms with van der Waals surface area (Å²) in [6.07, 6.45) is 5.10. The van der Waals surface area contributed by atoms with Crippen LogP contribution < -0.4 is 5.32 Å². The van der Waals surface area contributed by atoms with E-state index in [9.17, 15) is 23.3 Å². The van der Waals surface area contributed by atoms with E-state index >= 15 is 0 Å². The molecule has 0 bridgehead atoms. The second-order valence-corrected chi connectivity index (χ2v) is 7.96. The third kappa shape index (κ3) is 4.51. The van der Waals surface area contributed by atoms with Gasteiger partial charge in [0.1, 0.15) is 0 Å². The molecule has 1 aliphatic carbocycles. The van der Waals surface area contributed by atoms with Crippen molar-refractivity contribution in [2.24, 2.45) is 0 Å². The fraction of sp³-hybridized carbons (Fsp3) is 0.533. The fourth-order valence-corrected chi connectivity index (χ4v) is 3.91. The molecule has 0 radical (unpaired) electrons. The van der Waals surface area contributed by atoms with Crippen LogP contribution >= 0.6 is 0 Å². The van der Waals surface area contributed by atoms with Crippen molar-refractivity contribution >= 4 is 21.6 Å². The maximum absolute atomic E-state index is 12.5. The van der Waals surface area contributed by atoms with Crippen LogP contribution in [-0.2, 0) is 14.8 Å². The van der Waals surface area contributed by atoms with E-state index in [0.717, 1.165) is 42.5 Å². The van der Waals surface area contributed by atoms with Crippen LogP contribution in [0, 0.1) is 10.1 Å². The van der Waals surface area contributed by atoms with Gasteiger partial charge in [-0.15, -0.1) is 0 Å². The van der Waals surface area contributed by atoms with E-state index in [1.165, 1.54) is 25.2 Å². The van der Waals surface area contributed by atoms with Gasteiger partial charge >= 0.3 is 0 Å². The van der Waals surface area contributed by atoms with Gasteiger partial charge < -0.3 is 5.32 Å². The Morgan fingerprint density at radius 1 is 1.33 bits per heavy atom. The van der Waals surface area contributed by atoms with Gasteiger partial charge in [0.05, 0.1) is 16.4 Å². The van der Waals surface area contributed by atoms with Crippen LogP contribution in [-0.4, -0.2) is 43.2 Å². The number of likely N-dealkylation sites (N-methyl/N-ethyl adjacent to an activating group) is 1. The number of nitro benzene ring substituents is 1. The lowest BCUT2D eigenvalue weighted by atomic mass is 9.95. The fourth-order valence-electron chi connectivity index (χ4n) is 2.74. The van der Waals surface area contributed by atoms with Gasteiger partial charge in [-0.2, -0.15) is 4.31 Å². The minimum Gasteiger partial charge on any atom is -0.352 e. The van der Waals surface area contributed by atoms with Gasteiger partial charge in [-0.05, 0) is 18.9 Å². The molecule has 1 fully saturated rings. The molecule has 1 aromatic carbocycles. The molecule has 24 heavy (non-hydrogen) atoms. The summed E-state index contributed by atoms with van der Waals surface area (Å²) in [5.74, 6) is -0.363. The standard InChI is InChI=1S/C15H21N3O5S/c1-17(11-15(19)16-12-6-3-2-4-7-12)24(22,23)14-9-5-8-13(10-14)18(20)21/h5,8-10,12H,2-4,6-7,11H2,1H3,(H,16,19). The summed E-state index contributed by atoms with van der Waals surface area (Å²) in [5.41, 5.74) is -0.309. The average molecular weight is 355 g/mol. The molecule has 0 aromatic heterocycles. The lowest BCUT2D eigenvalue weighted by molar-refractivity contribution is -0.385. The molecule has 0 saturated heterocycles. The number of rotatable bonds is 6. The Balaban J connectivity index is 2.04. The molecule has 1 aliphatic rings. The Labute approximate surface area is 141 Å². The molecule has 132 valence electrons. The minimum absolute atomic E-state index is 0.0974. The zero-order chi connectivity index (χ0) is 17.7. The molecule has 0 unspecified atom stereocenters. The van der Waals surface area contributed by atoms with Crippen LogP contribution in [0.1, 0.15) is 32.1 Å². The second-order valence-electron chi connectivity index (χ2n) is 5.92. The molecule has 0 heterocycles. The third-order valence-corrected chi connectivity index (χ3v) is 5.87. The van der Waals surface area contributed by atoms with Crippen molar-refractivity contribution in [3.8, 4) is 0 Å². The molecular weight excluding hydrogens is 334 g/mol. The number of nitro groups is 1. The van der Waals surface area contributed by atoms with Crippen molar-refractivity contribution in [1.82, 2.24) is 9.62 Å². The van der Waals surface area contributed by atoms with Gasteiger partial charge in [0.15, 0.2) is 0 Å². The normalized spacial score (nSPS) is 16.1. The van der Waals surface area contributed by atoms with Crippen molar-refractivity contribution in [1.29, 1.82) is 0 Å². The molecule has 2 rings (SSSR count). The lowest BCUT2D eigenvalue weighted by Gasteiger charge is -2.24. The van der Waals surface area contributed by atoms with Crippen molar-refractivity contribution in [2.45, 2.75) is 43.0 Å². The highest BCUT2D eigenvalue weighted by Crippen LogP contribution is 2.20. The smallest absolute Gasteiger partial charge is 0.270 e. The predicted molar refractivity (Wildman–Crippen MR) is 87.9 cm³/mol. The van der Waals surface area contributed by atoms with Crippen molar-refractivity contribution in [3.63, 3.8) is 0 Å². The molecule has 1 aromatic rings. The summed E-state index contributed by atoms with van der Waals surface area (Å²) in [7, 11) is -2.68. The van der Waals surface area contributed by atoms with E-state index in [0.29, 0.717) is 0 Å². The van der Waals surface area contributed by atoms with Crippen molar-refractivity contribution < 1.29 is 18.1 Å². The average Bonchev–Trinajstić information content (AvgIpc) is 2.55. The number of nitrogens with zero attached hydrogens (tertiary/aromatic N) is 2. The molecular formula is C15H21N3O5S. The summed E-state index contributed by atoms with van der Waals surface area (Å²) in [5, 5.41) is 13.6. The number of sulfonamides is 1. The monoisotopic (exact) mass is 355 g/mol. The maximum Gasteiger partial charge on any atom is 0.270 e. The van der Waals surface area contributed by atoms with Gasteiger partial charge in [-0.3, -0.25) is 14.9 Å². The van der Waals surface area contributed by atoms with E-state index in [1.54, 1.807) is 0 Å². The van der Waals surface area contributed by atoms with Gasteiger partial charge in [0.2, 0.25) is 15.9 Å². The Bertz CT molecular complexity index is 714. The molecule has 0 aliphatic heterocycles. The Hall–Kier alpha value is -2.00. The SMILES string of the molecule is CN(CC(=O)NC1CCCCC1)S(=O)(=O)c1cccc([N+](=O)[O-])c1. The Kier molecular flexibility index (Phi) is 5.89. The first kappa shape index (κ1) is 18.3. The highest BCUT2D eigenvalue weighted by molar-refractivity contribution is 7.89. The highest BCUT2D eigenvalue weighted by Gasteiger charge is 2.25. The number of hydrogen-bond acceptors (Lipinski definition) is 5. The number of benzene rings is 1. The van der Waals surface area contributed by atoms with E-state index in [-0.39, 0.29) is 29.1 Å². The lowest BCUT2D eigenvalue weighted by Crippen LogP contribution is -2.43. The number of carbonyl (C=O) groups is 1. The van der Waals surface area contributed by atoms with Gasteiger partial charge in [-0.25, -0.2) is 8.42 Å². The largest absolute Gasteiger partial charge is 0.352 e. The second kappa shape index (κ2) is 7.71.